The zero-order chi connectivity index (χ0) is 11.6. The van der Waals surface area contributed by atoms with E-state index < -0.39 is 7.82 Å². The molecule has 5 nitrogen and oxygen atoms in total. The third kappa shape index (κ3) is 10.0. The largest absolute Gasteiger partial charge is 0.472 e. The van der Waals surface area contributed by atoms with Crippen molar-refractivity contribution in [3.63, 3.8) is 0 Å². The van der Waals surface area contributed by atoms with Crippen molar-refractivity contribution in [1.29, 1.82) is 0 Å². The molecule has 7 heteroatoms. The Morgan fingerprint density at radius 1 is 1.33 bits per heavy atom. The van der Waals surface area contributed by atoms with Gasteiger partial charge in [0.1, 0.15) is 0 Å². The first-order valence-corrected chi connectivity index (χ1v) is 6.84. The van der Waals surface area contributed by atoms with Crippen molar-refractivity contribution in [2.75, 3.05) is 13.2 Å². The van der Waals surface area contributed by atoms with Gasteiger partial charge in [0, 0.05) is 6.20 Å². The summed E-state index contributed by atoms with van der Waals surface area (Å²) in [6.07, 6.45) is 5.84. The van der Waals surface area contributed by atoms with Gasteiger partial charge in [0.05, 0.1) is 13.2 Å². The van der Waals surface area contributed by atoms with Crippen LogP contribution in [0.15, 0.2) is 23.8 Å². The van der Waals surface area contributed by atoms with Crippen LogP contribution in [0.4, 0.5) is 0 Å². The summed E-state index contributed by atoms with van der Waals surface area (Å²) in [5.74, 6) is 0. The maximum atomic E-state index is 10.5. The van der Waals surface area contributed by atoms with Crippen molar-refractivity contribution >= 4 is 19.8 Å². The zero-order valence-corrected chi connectivity index (χ0v) is 10.5. The molecule has 0 aromatic carbocycles. The van der Waals surface area contributed by atoms with Crippen LogP contribution in [0.5, 0.6) is 0 Å². The Hall–Kier alpha value is -0.260. The number of allylic oxidation sites excluding steroid dienone is 2. The molecule has 15 heavy (non-hydrogen) atoms. The van der Waals surface area contributed by atoms with Crippen LogP contribution in [0.1, 0.15) is 13.8 Å². The standard InChI is InChI=1S/C4H5NS.C4H11O4P/c1-2-4-6-5-3-1;1-3-7-9(5,6)8-4-2/h1-5H;3-4H2,1-2H3,(H,5,6). The highest BCUT2D eigenvalue weighted by molar-refractivity contribution is 8.00. The van der Waals surface area contributed by atoms with E-state index in [0.717, 1.165) is 0 Å². The number of hydrogen-bond donors (Lipinski definition) is 2. The van der Waals surface area contributed by atoms with Gasteiger partial charge in [-0.3, -0.25) is 9.05 Å². The quantitative estimate of drug-likeness (QED) is 0.592. The van der Waals surface area contributed by atoms with Crippen LogP contribution in [-0.4, -0.2) is 18.1 Å². The van der Waals surface area contributed by atoms with Gasteiger partial charge in [-0.15, -0.1) is 0 Å². The molecule has 0 spiro atoms. The van der Waals surface area contributed by atoms with Gasteiger partial charge in [-0.05, 0) is 37.3 Å². The zero-order valence-electron chi connectivity index (χ0n) is 8.75. The molecule has 1 aliphatic rings. The fraction of sp³-hybridized carbons (Fsp3) is 0.500. The molecular weight excluding hydrogens is 237 g/mol. The second-order valence-corrected chi connectivity index (χ2v) is 4.42. The van der Waals surface area contributed by atoms with Crippen LogP contribution < -0.4 is 4.72 Å². The number of hydrogen-bond acceptors (Lipinski definition) is 5. The lowest BCUT2D eigenvalue weighted by atomic mass is 10.6. The number of phosphoric ester groups is 1. The van der Waals surface area contributed by atoms with Crippen molar-refractivity contribution in [3.05, 3.63) is 23.8 Å². The molecule has 0 aliphatic carbocycles. The summed E-state index contributed by atoms with van der Waals surface area (Å²) in [4.78, 5) is 8.63. The molecule has 0 radical (unpaired) electrons. The molecule has 1 rings (SSSR count). The summed E-state index contributed by atoms with van der Waals surface area (Å²) in [5.41, 5.74) is 0. The lowest BCUT2D eigenvalue weighted by molar-refractivity contribution is 0.161. The van der Waals surface area contributed by atoms with Crippen molar-refractivity contribution < 1.29 is 18.5 Å². The van der Waals surface area contributed by atoms with Crippen LogP contribution in [0.2, 0.25) is 0 Å². The normalized spacial score (nSPS) is 14.1. The topological polar surface area (TPSA) is 67.8 Å². The number of rotatable bonds is 4. The molecule has 0 atom stereocenters. The molecule has 0 aromatic heterocycles. The van der Waals surface area contributed by atoms with Gasteiger partial charge < -0.3 is 9.62 Å². The third-order valence-electron chi connectivity index (χ3n) is 1.07. The summed E-state index contributed by atoms with van der Waals surface area (Å²) in [6.45, 7) is 3.63. The maximum Gasteiger partial charge on any atom is 0.472 e. The van der Waals surface area contributed by atoms with Gasteiger partial charge in [-0.25, -0.2) is 4.57 Å². The predicted octanol–water partition coefficient (Wildman–Crippen LogP) is 2.42. The molecule has 0 saturated carbocycles. The summed E-state index contributed by atoms with van der Waals surface area (Å²) >= 11 is 1.58. The van der Waals surface area contributed by atoms with E-state index in [1.165, 1.54) is 0 Å². The van der Waals surface area contributed by atoms with Gasteiger partial charge in [-0.2, -0.15) is 0 Å². The van der Waals surface area contributed by atoms with E-state index in [4.69, 9.17) is 4.89 Å². The molecule has 0 bridgehead atoms. The average Bonchev–Trinajstić information content (AvgIpc) is 2.21. The van der Waals surface area contributed by atoms with Crippen LogP contribution >= 0.6 is 19.8 Å². The van der Waals surface area contributed by atoms with E-state index in [1.54, 1.807) is 25.8 Å². The minimum Gasteiger partial charge on any atom is -0.333 e. The van der Waals surface area contributed by atoms with Gasteiger partial charge in [0.2, 0.25) is 0 Å². The maximum absolute atomic E-state index is 10.5. The van der Waals surface area contributed by atoms with Crippen LogP contribution in [0.25, 0.3) is 0 Å². The first-order valence-electron chi connectivity index (χ1n) is 4.47. The van der Waals surface area contributed by atoms with E-state index in [9.17, 15) is 4.57 Å². The van der Waals surface area contributed by atoms with Crippen molar-refractivity contribution in [2.45, 2.75) is 13.8 Å². The summed E-state index contributed by atoms with van der Waals surface area (Å²) in [6, 6.07) is 0. The van der Waals surface area contributed by atoms with Gasteiger partial charge in [0.25, 0.3) is 0 Å². The SMILES string of the molecule is C1=CNSC=C1.CCOP(=O)(O)OCC. The van der Waals surface area contributed by atoms with Gasteiger partial charge in [-0.1, -0.05) is 6.08 Å². The van der Waals surface area contributed by atoms with E-state index in [-0.39, 0.29) is 13.2 Å². The predicted molar refractivity (Wildman–Crippen MR) is 62.1 cm³/mol. The Kier molecular flexibility index (Phi) is 8.85. The molecule has 88 valence electrons. The van der Waals surface area contributed by atoms with E-state index >= 15 is 0 Å². The van der Waals surface area contributed by atoms with Crippen LogP contribution in [0, 0.1) is 0 Å². The monoisotopic (exact) mass is 253 g/mol. The lowest BCUT2D eigenvalue weighted by Gasteiger charge is -2.07. The number of phosphoric acid groups is 1. The minimum atomic E-state index is -3.69. The Labute approximate surface area is 94.3 Å². The second-order valence-electron chi connectivity index (χ2n) is 2.23. The molecule has 0 unspecified atom stereocenters. The first-order chi connectivity index (χ1) is 7.12. The van der Waals surface area contributed by atoms with Crippen molar-refractivity contribution in [2.24, 2.45) is 0 Å². The first kappa shape index (κ1) is 14.7. The molecule has 2 N–H and O–H groups in total. The molecular formula is C8H16NO4PS. The van der Waals surface area contributed by atoms with Gasteiger partial charge in [0.15, 0.2) is 0 Å². The Bertz CT molecular complexity index is 235. The molecule has 0 saturated heterocycles. The molecule has 0 aromatic rings. The van der Waals surface area contributed by atoms with Crippen LogP contribution in [0.3, 0.4) is 0 Å². The average molecular weight is 253 g/mol. The van der Waals surface area contributed by atoms with Crippen LogP contribution in [-0.2, 0) is 13.6 Å². The van der Waals surface area contributed by atoms with E-state index in [0.29, 0.717) is 0 Å². The van der Waals surface area contributed by atoms with E-state index in [2.05, 4.69) is 13.8 Å². The fourth-order valence-corrected chi connectivity index (χ4v) is 1.75. The highest BCUT2D eigenvalue weighted by atomic mass is 32.2. The Morgan fingerprint density at radius 3 is 2.13 bits per heavy atom. The van der Waals surface area contributed by atoms with Crippen molar-refractivity contribution in [3.8, 4) is 0 Å². The number of nitrogens with one attached hydrogen (secondary N) is 1. The summed E-state index contributed by atoms with van der Waals surface area (Å²) < 4.78 is 22.2. The molecule has 0 amide bonds. The molecule has 0 fully saturated rings. The van der Waals surface area contributed by atoms with Gasteiger partial charge >= 0.3 is 7.82 Å². The highest BCUT2D eigenvalue weighted by Crippen LogP contribution is 2.42. The van der Waals surface area contributed by atoms with Crippen molar-refractivity contribution in [1.82, 2.24) is 4.72 Å². The minimum absolute atomic E-state index is 0.188. The summed E-state index contributed by atoms with van der Waals surface area (Å²) in [5, 5.41) is 1.99. The second kappa shape index (κ2) is 9.00. The smallest absolute Gasteiger partial charge is 0.333 e. The Morgan fingerprint density at radius 2 is 1.93 bits per heavy atom. The Balaban J connectivity index is 0.000000280. The lowest BCUT2D eigenvalue weighted by Crippen LogP contribution is -1.93. The highest BCUT2D eigenvalue weighted by Gasteiger charge is 2.17. The fourth-order valence-electron chi connectivity index (χ4n) is 0.622. The van der Waals surface area contributed by atoms with E-state index in [1.807, 2.05) is 23.8 Å². The molecule has 1 aliphatic heterocycles. The molecule has 1 heterocycles. The third-order valence-corrected chi connectivity index (χ3v) is 2.81. The summed E-state index contributed by atoms with van der Waals surface area (Å²) in [7, 11) is -3.69.